The highest BCUT2D eigenvalue weighted by molar-refractivity contribution is 7.40. The quantitative estimate of drug-likeness (QED) is 0.551. The Morgan fingerprint density at radius 1 is 1.60 bits per heavy atom. The molecule has 0 aromatic rings. The van der Waals surface area contributed by atoms with E-state index < -0.39 is 12.0 Å². The lowest BCUT2D eigenvalue weighted by Gasteiger charge is -2.02. The van der Waals surface area contributed by atoms with Crippen molar-refractivity contribution in [3.63, 3.8) is 0 Å². The Kier molecular flexibility index (Phi) is 4.16. The number of rotatable bonds is 4. The molecule has 0 aliphatic rings. The lowest BCUT2D eigenvalue weighted by Crippen LogP contribution is -2.30. The van der Waals surface area contributed by atoms with Gasteiger partial charge >= 0.3 is 5.97 Å². The van der Waals surface area contributed by atoms with Crippen molar-refractivity contribution in [1.29, 1.82) is 0 Å². The number of nitrogens with two attached hydrogens (primary N) is 1. The molecule has 0 spiro atoms. The lowest BCUT2D eigenvalue weighted by atomic mass is 10.2. The first-order valence-corrected chi connectivity index (χ1v) is 3.38. The molecular formula is C5H10NO3P. The third kappa shape index (κ3) is 4.41. The summed E-state index contributed by atoms with van der Waals surface area (Å²) in [6.45, 7) is 0. The number of carboxylic acids is 1. The fourth-order valence-electron chi connectivity index (χ4n) is 0.421. The van der Waals surface area contributed by atoms with Crippen LogP contribution in [-0.2, 0) is 9.59 Å². The summed E-state index contributed by atoms with van der Waals surface area (Å²) in [5.74, 6) is -1.06. The van der Waals surface area contributed by atoms with Gasteiger partial charge in [0.05, 0.1) is 0 Å². The summed E-state index contributed by atoms with van der Waals surface area (Å²) in [4.78, 5) is 20.4. The molecule has 0 fully saturated rings. The minimum absolute atomic E-state index is 0.114. The fraction of sp³-hybridized carbons (Fsp3) is 0.600. The molecule has 58 valence electrons. The number of hydrogen-bond acceptors (Lipinski definition) is 3. The number of carbonyl (C=O) groups excluding carboxylic acids is 1. The molecule has 5 heteroatoms. The van der Waals surface area contributed by atoms with Crippen LogP contribution in [0.4, 0.5) is 0 Å². The highest BCUT2D eigenvalue weighted by Crippen LogP contribution is 1.99. The van der Waals surface area contributed by atoms with E-state index in [0.29, 0.717) is 0 Å². The lowest BCUT2D eigenvalue weighted by molar-refractivity contribution is -0.138. The van der Waals surface area contributed by atoms with Crippen molar-refractivity contribution < 1.29 is 14.7 Å². The molecule has 0 aromatic heterocycles. The molecule has 10 heavy (non-hydrogen) atoms. The smallest absolute Gasteiger partial charge is 0.320 e. The standard InChI is InChI=1S/C5H10NO3P/c6-3(5(8)9)1-2-4(7)10/h3H,1-2,6,10H2,(H,8,9). The second kappa shape index (κ2) is 4.36. The summed E-state index contributed by atoms with van der Waals surface area (Å²) < 4.78 is 0. The zero-order chi connectivity index (χ0) is 8.15. The summed E-state index contributed by atoms with van der Waals surface area (Å²) in [6.07, 6.45) is 0.413. The molecule has 2 unspecified atom stereocenters. The van der Waals surface area contributed by atoms with E-state index in [1.54, 1.807) is 0 Å². The van der Waals surface area contributed by atoms with E-state index in [2.05, 4.69) is 0 Å². The molecule has 0 saturated carbocycles. The molecule has 0 saturated heterocycles. The average Bonchev–Trinajstić information content (AvgIpc) is 1.82. The highest BCUT2D eigenvalue weighted by Gasteiger charge is 2.11. The molecule has 0 amide bonds. The van der Waals surface area contributed by atoms with E-state index in [0.717, 1.165) is 0 Å². The molecule has 3 N–H and O–H groups in total. The summed E-state index contributed by atoms with van der Waals surface area (Å²) in [5, 5.41) is 8.25. The van der Waals surface area contributed by atoms with Gasteiger partial charge in [-0.15, -0.1) is 0 Å². The highest BCUT2D eigenvalue weighted by atomic mass is 31.0. The Morgan fingerprint density at radius 3 is 2.40 bits per heavy atom. The second-order valence-corrected chi connectivity index (χ2v) is 2.59. The van der Waals surface area contributed by atoms with Gasteiger partial charge in [0.1, 0.15) is 11.6 Å². The molecule has 0 heterocycles. The number of carbonyl (C=O) groups is 2. The van der Waals surface area contributed by atoms with Crippen molar-refractivity contribution in [1.82, 2.24) is 0 Å². The largest absolute Gasteiger partial charge is 0.480 e. The average molecular weight is 163 g/mol. The summed E-state index contributed by atoms with van der Waals surface area (Å²) in [7, 11) is 1.97. The van der Waals surface area contributed by atoms with Crippen molar-refractivity contribution >= 4 is 20.7 Å². The summed E-state index contributed by atoms with van der Waals surface area (Å²) in [6, 6.07) is -0.913. The van der Waals surface area contributed by atoms with Crippen molar-refractivity contribution in [3.8, 4) is 0 Å². The Labute approximate surface area is 61.0 Å². The topological polar surface area (TPSA) is 80.4 Å². The molecule has 4 nitrogen and oxygen atoms in total. The molecule has 0 rings (SSSR count). The molecule has 0 aromatic carbocycles. The van der Waals surface area contributed by atoms with Crippen LogP contribution in [0.5, 0.6) is 0 Å². The van der Waals surface area contributed by atoms with Crippen LogP contribution in [0, 0.1) is 0 Å². The Morgan fingerprint density at radius 2 is 2.10 bits per heavy atom. The third-order valence-corrected chi connectivity index (χ3v) is 1.31. The van der Waals surface area contributed by atoms with Crippen molar-refractivity contribution in [2.75, 3.05) is 0 Å². The number of aliphatic carboxylic acids is 1. The Balaban J connectivity index is 3.49. The van der Waals surface area contributed by atoms with Gasteiger partial charge < -0.3 is 10.8 Å². The van der Waals surface area contributed by atoms with Crippen LogP contribution >= 0.6 is 9.24 Å². The summed E-state index contributed by atoms with van der Waals surface area (Å²) >= 11 is 0. The Hall–Kier alpha value is -0.470. The van der Waals surface area contributed by atoms with Crippen molar-refractivity contribution in [2.24, 2.45) is 5.73 Å². The van der Waals surface area contributed by atoms with Crippen LogP contribution in [0.2, 0.25) is 0 Å². The number of hydrogen-bond donors (Lipinski definition) is 2. The molecule has 0 aliphatic carbocycles. The monoisotopic (exact) mass is 163 g/mol. The minimum Gasteiger partial charge on any atom is -0.480 e. The SMILES string of the molecule is NC(CCC(=O)P)C(=O)O. The molecule has 0 bridgehead atoms. The first kappa shape index (κ1) is 9.53. The first-order valence-electron chi connectivity index (χ1n) is 2.80. The predicted molar refractivity (Wildman–Crippen MR) is 39.6 cm³/mol. The van der Waals surface area contributed by atoms with E-state index in [1.165, 1.54) is 0 Å². The normalized spacial score (nSPS) is 12.6. The maximum atomic E-state index is 10.3. The van der Waals surface area contributed by atoms with Gasteiger partial charge in [-0.05, 0) is 6.42 Å². The maximum absolute atomic E-state index is 10.3. The molecular weight excluding hydrogens is 153 g/mol. The van der Waals surface area contributed by atoms with Gasteiger partial charge in [0.2, 0.25) is 0 Å². The first-order chi connectivity index (χ1) is 4.54. The summed E-state index contributed by atoms with van der Waals surface area (Å²) in [5.41, 5.74) is 4.99. The van der Waals surface area contributed by atoms with Crippen molar-refractivity contribution in [2.45, 2.75) is 18.9 Å². The number of carboxylic acid groups (broad SMARTS) is 1. The van der Waals surface area contributed by atoms with Crippen LogP contribution in [0.1, 0.15) is 12.8 Å². The van der Waals surface area contributed by atoms with Gasteiger partial charge in [-0.3, -0.25) is 9.59 Å². The Bertz CT molecular complexity index is 148. The van der Waals surface area contributed by atoms with E-state index in [1.807, 2.05) is 9.24 Å². The van der Waals surface area contributed by atoms with Gasteiger partial charge in [-0.2, -0.15) is 0 Å². The van der Waals surface area contributed by atoms with Crippen LogP contribution in [0.3, 0.4) is 0 Å². The van der Waals surface area contributed by atoms with Crippen LogP contribution in [0.25, 0.3) is 0 Å². The molecule has 2 atom stereocenters. The van der Waals surface area contributed by atoms with E-state index >= 15 is 0 Å². The minimum atomic E-state index is -1.06. The molecule has 0 aliphatic heterocycles. The third-order valence-electron chi connectivity index (χ3n) is 1.02. The van der Waals surface area contributed by atoms with Crippen LogP contribution in [0.15, 0.2) is 0 Å². The maximum Gasteiger partial charge on any atom is 0.320 e. The molecule has 0 radical (unpaired) electrons. The van der Waals surface area contributed by atoms with Gasteiger partial charge in [0.15, 0.2) is 0 Å². The zero-order valence-corrected chi connectivity index (χ0v) is 6.56. The van der Waals surface area contributed by atoms with E-state index in [4.69, 9.17) is 10.8 Å². The van der Waals surface area contributed by atoms with Gasteiger partial charge in [-0.1, -0.05) is 9.24 Å². The second-order valence-electron chi connectivity index (χ2n) is 1.95. The zero-order valence-electron chi connectivity index (χ0n) is 5.41. The van der Waals surface area contributed by atoms with Crippen LogP contribution in [-0.4, -0.2) is 22.6 Å². The van der Waals surface area contributed by atoms with Gasteiger partial charge in [-0.25, -0.2) is 0 Å². The van der Waals surface area contributed by atoms with E-state index in [9.17, 15) is 9.59 Å². The van der Waals surface area contributed by atoms with E-state index in [-0.39, 0.29) is 18.4 Å². The van der Waals surface area contributed by atoms with Crippen LogP contribution < -0.4 is 5.73 Å². The van der Waals surface area contributed by atoms with Gasteiger partial charge in [0.25, 0.3) is 0 Å². The van der Waals surface area contributed by atoms with Crippen molar-refractivity contribution in [3.05, 3.63) is 0 Å². The fourth-order valence-corrected chi connectivity index (χ4v) is 0.588. The van der Waals surface area contributed by atoms with Gasteiger partial charge in [0, 0.05) is 6.42 Å². The predicted octanol–water partition coefficient (Wildman–Crippen LogP) is -0.420.